The van der Waals surface area contributed by atoms with E-state index in [1.807, 2.05) is 12.1 Å². The number of pyridine rings is 1. The number of rotatable bonds is 6. The number of allylic oxidation sites excluding steroid dienone is 2. The first kappa shape index (κ1) is 28.1. The van der Waals surface area contributed by atoms with Crippen molar-refractivity contribution in [3.63, 3.8) is 0 Å². The first-order valence-electron chi connectivity index (χ1n) is 13.4. The Hall–Kier alpha value is -2.88. The number of fused-ring (bicyclic) bond motifs is 1. The van der Waals surface area contributed by atoms with Crippen molar-refractivity contribution >= 4 is 23.6 Å². The Morgan fingerprint density at radius 3 is 2.53 bits per heavy atom. The number of nitrogens with one attached hydrogen (secondary N) is 1. The lowest BCUT2D eigenvalue weighted by molar-refractivity contribution is -0.195. The summed E-state index contributed by atoms with van der Waals surface area (Å²) in [5, 5.41) is 13.6. The number of carbonyl (C=O) groups excluding carboxylic acids is 1. The van der Waals surface area contributed by atoms with Gasteiger partial charge in [0.2, 0.25) is 5.91 Å². The third-order valence-corrected chi connectivity index (χ3v) is 8.07. The SMILES string of the molecule is CN=CC=C(N)C1CC(C(=O)Nc2c(C3CCCCC3)nc3ccc(C(C)(C)O)cn23)CCC1C(F)(F)F. The molecule has 1 amide bonds. The monoisotopic (exact) mass is 533 g/mol. The fraction of sp³-hybridized carbons (Fsp3) is 0.607. The second kappa shape index (κ2) is 11.1. The van der Waals surface area contributed by atoms with Gasteiger partial charge in [0.1, 0.15) is 11.5 Å². The summed E-state index contributed by atoms with van der Waals surface area (Å²) in [4.78, 5) is 22.2. The summed E-state index contributed by atoms with van der Waals surface area (Å²) in [7, 11) is 1.52. The van der Waals surface area contributed by atoms with Gasteiger partial charge < -0.3 is 16.2 Å². The number of carbonyl (C=O) groups is 1. The number of hydrogen-bond acceptors (Lipinski definition) is 5. The molecule has 2 aliphatic rings. The van der Waals surface area contributed by atoms with Gasteiger partial charge in [-0.25, -0.2) is 4.98 Å². The van der Waals surface area contributed by atoms with Gasteiger partial charge >= 0.3 is 6.18 Å². The van der Waals surface area contributed by atoms with E-state index in [-0.39, 0.29) is 36.8 Å². The lowest BCUT2D eigenvalue weighted by atomic mass is 9.72. The van der Waals surface area contributed by atoms with Crippen LogP contribution in [0.2, 0.25) is 0 Å². The molecule has 4 N–H and O–H groups in total. The number of aliphatic hydroxyl groups is 1. The highest BCUT2D eigenvalue weighted by molar-refractivity contribution is 5.93. The molecule has 3 unspecified atom stereocenters. The van der Waals surface area contributed by atoms with Gasteiger partial charge in [-0.1, -0.05) is 25.3 Å². The molecular weight excluding hydrogens is 495 g/mol. The highest BCUT2D eigenvalue weighted by atomic mass is 19.4. The second-order valence-electron chi connectivity index (χ2n) is 11.2. The van der Waals surface area contributed by atoms with E-state index in [9.17, 15) is 23.1 Å². The van der Waals surface area contributed by atoms with Crippen LogP contribution in [0.15, 0.2) is 35.1 Å². The number of alkyl halides is 3. The van der Waals surface area contributed by atoms with Crippen LogP contribution in [0.4, 0.5) is 19.0 Å². The van der Waals surface area contributed by atoms with Crippen LogP contribution in [-0.2, 0) is 10.4 Å². The fourth-order valence-electron chi connectivity index (χ4n) is 5.88. The smallest absolute Gasteiger partial charge is 0.392 e. The van der Waals surface area contributed by atoms with Crippen LogP contribution in [0.5, 0.6) is 0 Å². The van der Waals surface area contributed by atoms with Crippen LogP contribution < -0.4 is 11.1 Å². The topological polar surface area (TPSA) is 105 Å². The first-order valence-corrected chi connectivity index (χ1v) is 13.4. The van der Waals surface area contributed by atoms with Crippen molar-refractivity contribution in [1.82, 2.24) is 9.38 Å². The van der Waals surface area contributed by atoms with Crippen molar-refractivity contribution in [3.05, 3.63) is 41.4 Å². The summed E-state index contributed by atoms with van der Waals surface area (Å²) in [6.45, 7) is 3.37. The predicted molar refractivity (Wildman–Crippen MR) is 142 cm³/mol. The molecule has 2 aromatic rings. The molecule has 38 heavy (non-hydrogen) atoms. The number of aliphatic imine (C=N–C) groups is 1. The zero-order valence-electron chi connectivity index (χ0n) is 22.3. The molecule has 3 atom stereocenters. The molecule has 2 heterocycles. The van der Waals surface area contributed by atoms with Crippen molar-refractivity contribution in [2.75, 3.05) is 12.4 Å². The Morgan fingerprint density at radius 1 is 1.18 bits per heavy atom. The molecule has 10 heteroatoms. The Bertz CT molecular complexity index is 1210. The number of halogens is 3. The number of anilines is 1. The minimum atomic E-state index is -4.41. The van der Waals surface area contributed by atoms with Gasteiger partial charge in [0.15, 0.2) is 0 Å². The van der Waals surface area contributed by atoms with Gasteiger partial charge in [-0.05, 0) is 63.7 Å². The van der Waals surface area contributed by atoms with Crippen molar-refractivity contribution in [3.8, 4) is 0 Å². The minimum Gasteiger partial charge on any atom is -0.402 e. The van der Waals surface area contributed by atoms with Crippen molar-refractivity contribution in [1.29, 1.82) is 0 Å². The number of aromatic nitrogens is 2. The second-order valence-corrected chi connectivity index (χ2v) is 11.2. The lowest BCUT2D eigenvalue weighted by Crippen LogP contribution is -2.41. The molecule has 0 saturated heterocycles. The maximum Gasteiger partial charge on any atom is 0.392 e. The van der Waals surface area contributed by atoms with Crippen molar-refractivity contribution in [2.24, 2.45) is 28.5 Å². The lowest BCUT2D eigenvalue weighted by Gasteiger charge is -2.37. The van der Waals surface area contributed by atoms with Crippen LogP contribution in [0.1, 0.15) is 82.4 Å². The summed E-state index contributed by atoms with van der Waals surface area (Å²) in [5.41, 5.74) is 7.17. The van der Waals surface area contributed by atoms with E-state index in [0.29, 0.717) is 17.0 Å². The maximum atomic E-state index is 13.8. The van der Waals surface area contributed by atoms with Crippen LogP contribution >= 0.6 is 0 Å². The standard InChI is InChI=1S/C28H38F3N5O2/c1-27(2,38)19-10-12-23-34-24(17-7-5-4-6-8-17)25(36(23)16-19)35-26(37)18-9-11-21(28(29,30)31)20(15-18)22(32)13-14-33-3/h10,12-14,16-18,20-21,38H,4-9,11,15,32H2,1-3H3,(H,35,37). The minimum absolute atomic E-state index is 0.000314. The molecule has 2 aromatic heterocycles. The van der Waals surface area contributed by atoms with Gasteiger partial charge in [0.05, 0.1) is 17.2 Å². The average molecular weight is 534 g/mol. The molecule has 2 saturated carbocycles. The van der Waals surface area contributed by atoms with E-state index in [2.05, 4.69) is 10.3 Å². The summed E-state index contributed by atoms with van der Waals surface area (Å²) in [6, 6.07) is 3.64. The summed E-state index contributed by atoms with van der Waals surface area (Å²) in [5.74, 6) is -2.84. The molecule has 0 aromatic carbocycles. The molecule has 208 valence electrons. The third kappa shape index (κ3) is 6.06. The molecule has 2 fully saturated rings. The van der Waals surface area contributed by atoms with Gasteiger partial charge in [0.25, 0.3) is 0 Å². The van der Waals surface area contributed by atoms with Gasteiger partial charge in [-0.3, -0.25) is 14.2 Å². The number of hydrogen-bond donors (Lipinski definition) is 3. The fourth-order valence-corrected chi connectivity index (χ4v) is 5.88. The molecule has 0 aliphatic heterocycles. The van der Waals surface area contributed by atoms with Crippen molar-refractivity contribution in [2.45, 2.75) is 82.9 Å². The van der Waals surface area contributed by atoms with E-state index >= 15 is 0 Å². The average Bonchev–Trinajstić information content (AvgIpc) is 3.24. The van der Waals surface area contributed by atoms with Crippen LogP contribution in [0.3, 0.4) is 0 Å². The zero-order valence-corrected chi connectivity index (χ0v) is 22.3. The van der Waals surface area contributed by atoms with E-state index in [4.69, 9.17) is 10.7 Å². The van der Waals surface area contributed by atoms with Gasteiger partial charge in [-0.2, -0.15) is 13.2 Å². The van der Waals surface area contributed by atoms with Gasteiger partial charge in [-0.15, -0.1) is 0 Å². The van der Waals surface area contributed by atoms with Gasteiger partial charge in [0, 0.05) is 42.9 Å². The normalized spacial score (nSPS) is 24.3. The number of nitrogens with two attached hydrogens (primary N) is 1. The Balaban J connectivity index is 1.67. The Labute approximate surface area is 221 Å². The first-order chi connectivity index (χ1) is 17.9. The largest absolute Gasteiger partial charge is 0.402 e. The molecule has 7 nitrogen and oxygen atoms in total. The highest BCUT2D eigenvalue weighted by Crippen LogP contribution is 2.46. The van der Waals surface area contributed by atoms with E-state index in [1.54, 1.807) is 24.4 Å². The number of nitrogens with zero attached hydrogens (tertiary/aromatic N) is 3. The maximum absolute atomic E-state index is 13.8. The summed E-state index contributed by atoms with van der Waals surface area (Å²) >= 11 is 0. The molecule has 0 radical (unpaired) electrons. The third-order valence-electron chi connectivity index (χ3n) is 8.07. The van der Waals surface area contributed by atoms with Crippen LogP contribution in [0, 0.1) is 17.8 Å². The van der Waals surface area contributed by atoms with E-state index in [0.717, 1.165) is 37.8 Å². The summed E-state index contributed by atoms with van der Waals surface area (Å²) in [6.07, 6.45) is 5.34. The number of imidazole rings is 1. The molecule has 0 spiro atoms. The molecule has 4 rings (SSSR count). The molecular formula is C28H38F3N5O2. The predicted octanol–water partition coefficient (Wildman–Crippen LogP) is 5.69. The summed E-state index contributed by atoms with van der Waals surface area (Å²) < 4.78 is 43.3. The number of amides is 1. The van der Waals surface area contributed by atoms with Crippen LogP contribution in [0.25, 0.3) is 5.65 Å². The van der Waals surface area contributed by atoms with E-state index in [1.165, 1.54) is 19.3 Å². The zero-order chi connectivity index (χ0) is 27.7. The quantitative estimate of drug-likeness (QED) is 0.415. The Morgan fingerprint density at radius 2 is 1.89 bits per heavy atom. The Kier molecular flexibility index (Phi) is 8.20. The molecule has 2 aliphatic carbocycles. The highest BCUT2D eigenvalue weighted by Gasteiger charge is 2.49. The van der Waals surface area contributed by atoms with Crippen LogP contribution in [-0.4, -0.2) is 39.8 Å². The van der Waals surface area contributed by atoms with Crippen molar-refractivity contribution < 1.29 is 23.1 Å². The molecule has 0 bridgehead atoms. The van der Waals surface area contributed by atoms with E-state index < -0.39 is 29.5 Å².